The summed E-state index contributed by atoms with van der Waals surface area (Å²) in [5.74, 6) is 0. The fourth-order valence-corrected chi connectivity index (χ4v) is 1.67. The molecule has 17 heavy (non-hydrogen) atoms. The van der Waals surface area contributed by atoms with Crippen molar-refractivity contribution in [3.63, 3.8) is 0 Å². The van der Waals surface area contributed by atoms with E-state index in [1.165, 1.54) is 6.07 Å². The highest BCUT2D eigenvalue weighted by atomic mass is 35.5. The first-order chi connectivity index (χ1) is 7.77. The molecule has 0 fully saturated rings. The van der Waals surface area contributed by atoms with E-state index >= 15 is 0 Å². The highest BCUT2D eigenvalue weighted by Crippen LogP contribution is 2.36. The molecule has 0 radical (unpaired) electrons. The summed E-state index contributed by atoms with van der Waals surface area (Å²) in [6, 6.07) is 2.56. The van der Waals surface area contributed by atoms with Crippen molar-refractivity contribution in [1.82, 2.24) is 0 Å². The minimum Gasteiger partial charge on any atom is -0.391 e. The number of hydrogen-bond acceptors (Lipinski definition) is 2. The average molecular weight is 268 g/mol. The quantitative estimate of drug-likeness (QED) is 0.884. The minimum atomic E-state index is -4.52. The summed E-state index contributed by atoms with van der Waals surface area (Å²) < 4.78 is 37.8. The molecule has 0 unspecified atom stereocenters. The van der Waals surface area contributed by atoms with E-state index in [0.29, 0.717) is 6.42 Å². The van der Waals surface area contributed by atoms with Crippen LogP contribution in [0.5, 0.6) is 0 Å². The summed E-state index contributed by atoms with van der Waals surface area (Å²) in [6.45, 7) is 1.70. The zero-order valence-corrected chi connectivity index (χ0v) is 9.89. The molecule has 0 bridgehead atoms. The summed E-state index contributed by atoms with van der Waals surface area (Å²) >= 11 is 5.48. The highest BCUT2D eigenvalue weighted by molar-refractivity contribution is 6.31. The topological polar surface area (TPSA) is 46.2 Å². The van der Waals surface area contributed by atoms with E-state index < -0.39 is 23.9 Å². The Labute approximate surface area is 102 Å². The number of rotatable bonds is 3. The molecule has 1 rings (SSSR count). The van der Waals surface area contributed by atoms with Crippen molar-refractivity contribution in [1.29, 1.82) is 0 Å². The second-order valence-electron chi connectivity index (χ2n) is 3.74. The normalized spacial score (nSPS) is 15.7. The Morgan fingerprint density at radius 2 is 2.00 bits per heavy atom. The molecule has 0 spiro atoms. The summed E-state index contributed by atoms with van der Waals surface area (Å²) in [7, 11) is 0. The van der Waals surface area contributed by atoms with Crippen LogP contribution in [0.1, 0.15) is 30.5 Å². The van der Waals surface area contributed by atoms with Gasteiger partial charge in [0.25, 0.3) is 0 Å². The largest absolute Gasteiger partial charge is 0.417 e. The molecule has 3 N–H and O–H groups in total. The van der Waals surface area contributed by atoms with Crippen LogP contribution in [-0.4, -0.2) is 11.2 Å². The van der Waals surface area contributed by atoms with Crippen LogP contribution in [0.3, 0.4) is 0 Å². The first kappa shape index (κ1) is 14.3. The Morgan fingerprint density at radius 1 is 1.41 bits per heavy atom. The van der Waals surface area contributed by atoms with Gasteiger partial charge in [-0.2, -0.15) is 13.2 Å². The van der Waals surface area contributed by atoms with Crippen LogP contribution in [-0.2, 0) is 6.18 Å². The van der Waals surface area contributed by atoms with Gasteiger partial charge in [-0.15, -0.1) is 0 Å². The number of aliphatic hydroxyl groups is 1. The summed E-state index contributed by atoms with van der Waals surface area (Å²) in [4.78, 5) is 0. The summed E-state index contributed by atoms with van der Waals surface area (Å²) in [5, 5.41) is 9.13. The Balaban J connectivity index is 3.13. The fourth-order valence-electron chi connectivity index (χ4n) is 1.44. The van der Waals surface area contributed by atoms with Gasteiger partial charge in [0.1, 0.15) is 0 Å². The molecular formula is C11H13ClF3NO. The zero-order valence-electron chi connectivity index (χ0n) is 9.13. The lowest BCUT2D eigenvalue weighted by molar-refractivity contribution is -0.137. The van der Waals surface area contributed by atoms with Crippen molar-refractivity contribution in [3.8, 4) is 0 Å². The van der Waals surface area contributed by atoms with Crippen LogP contribution < -0.4 is 5.73 Å². The molecule has 2 atom stereocenters. The van der Waals surface area contributed by atoms with Crippen molar-refractivity contribution < 1.29 is 18.3 Å². The third-order valence-electron chi connectivity index (χ3n) is 2.51. The minimum absolute atomic E-state index is 0.219. The van der Waals surface area contributed by atoms with Gasteiger partial charge in [-0.3, -0.25) is 0 Å². The summed E-state index contributed by atoms with van der Waals surface area (Å²) in [5.41, 5.74) is 4.93. The molecule has 1 aromatic rings. The number of benzene rings is 1. The first-order valence-electron chi connectivity index (χ1n) is 5.07. The van der Waals surface area contributed by atoms with Crippen molar-refractivity contribution in [2.24, 2.45) is 5.73 Å². The molecule has 2 nitrogen and oxygen atoms in total. The standard InChI is InChI=1S/C11H13ClF3NO/c1-2-9(17)10(16)6-3-4-8(12)7(5-6)11(13,14)15/h3-5,9-10,17H,2,16H2,1H3/t9-,10+/m1/s1. The third kappa shape index (κ3) is 3.34. The zero-order chi connectivity index (χ0) is 13.2. The molecule has 0 saturated heterocycles. The third-order valence-corrected chi connectivity index (χ3v) is 2.84. The second-order valence-corrected chi connectivity index (χ2v) is 4.15. The average Bonchev–Trinajstić information content (AvgIpc) is 2.26. The molecule has 0 amide bonds. The van der Waals surface area contributed by atoms with Gasteiger partial charge >= 0.3 is 6.18 Å². The van der Waals surface area contributed by atoms with Crippen molar-refractivity contribution in [2.75, 3.05) is 0 Å². The van der Waals surface area contributed by atoms with E-state index in [-0.39, 0.29) is 10.6 Å². The van der Waals surface area contributed by atoms with E-state index in [2.05, 4.69) is 0 Å². The van der Waals surface area contributed by atoms with Gasteiger partial charge in [0.15, 0.2) is 0 Å². The van der Waals surface area contributed by atoms with Crippen LogP contribution in [0, 0.1) is 0 Å². The lowest BCUT2D eigenvalue weighted by Gasteiger charge is -2.19. The molecule has 0 aliphatic heterocycles. The maximum Gasteiger partial charge on any atom is 0.417 e. The predicted octanol–water partition coefficient (Wildman–Crippen LogP) is 3.13. The van der Waals surface area contributed by atoms with Gasteiger partial charge in [-0.1, -0.05) is 24.6 Å². The van der Waals surface area contributed by atoms with Gasteiger partial charge in [0.05, 0.1) is 22.7 Å². The lowest BCUT2D eigenvalue weighted by atomic mass is 9.98. The molecule has 1 aromatic carbocycles. The van der Waals surface area contributed by atoms with Crippen LogP contribution >= 0.6 is 11.6 Å². The van der Waals surface area contributed by atoms with Gasteiger partial charge in [-0.25, -0.2) is 0 Å². The van der Waals surface area contributed by atoms with E-state index in [0.717, 1.165) is 12.1 Å². The number of halogens is 4. The Kier molecular flexibility index (Phi) is 4.41. The summed E-state index contributed by atoms with van der Waals surface area (Å²) in [6.07, 6.45) is -5.04. The fraction of sp³-hybridized carbons (Fsp3) is 0.455. The number of aliphatic hydroxyl groups excluding tert-OH is 1. The molecule has 0 aliphatic carbocycles. The molecule has 0 heterocycles. The lowest BCUT2D eigenvalue weighted by Crippen LogP contribution is -2.25. The maximum atomic E-state index is 12.6. The van der Waals surface area contributed by atoms with Gasteiger partial charge in [0.2, 0.25) is 0 Å². The Bertz CT molecular complexity index is 395. The number of nitrogens with two attached hydrogens (primary N) is 1. The van der Waals surface area contributed by atoms with E-state index in [1.807, 2.05) is 0 Å². The van der Waals surface area contributed by atoms with Gasteiger partial charge in [0, 0.05) is 0 Å². The van der Waals surface area contributed by atoms with Gasteiger partial charge in [-0.05, 0) is 24.1 Å². The molecule has 96 valence electrons. The highest BCUT2D eigenvalue weighted by Gasteiger charge is 2.34. The van der Waals surface area contributed by atoms with E-state index in [1.54, 1.807) is 6.92 Å². The van der Waals surface area contributed by atoms with Crippen molar-refractivity contribution in [2.45, 2.75) is 31.7 Å². The van der Waals surface area contributed by atoms with E-state index in [4.69, 9.17) is 17.3 Å². The molecule has 0 aromatic heterocycles. The molecule has 0 aliphatic rings. The number of hydrogen-bond donors (Lipinski definition) is 2. The van der Waals surface area contributed by atoms with Crippen LogP contribution in [0.2, 0.25) is 5.02 Å². The first-order valence-corrected chi connectivity index (χ1v) is 5.45. The Morgan fingerprint density at radius 3 is 2.47 bits per heavy atom. The van der Waals surface area contributed by atoms with E-state index in [9.17, 15) is 18.3 Å². The monoisotopic (exact) mass is 267 g/mol. The van der Waals surface area contributed by atoms with Gasteiger partial charge < -0.3 is 10.8 Å². The van der Waals surface area contributed by atoms with Crippen LogP contribution in [0.25, 0.3) is 0 Å². The second kappa shape index (κ2) is 5.25. The van der Waals surface area contributed by atoms with Crippen molar-refractivity contribution >= 4 is 11.6 Å². The smallest absolute Gasteiger partial charge is 0.391 e. The SMILES string of the molecule is CC[C@@H](O)[C@@H](N)c1ccc(Cl)c(C(F)(F)F)c1. The molecule has 6 heteroatoms. The molecule has 0 saturated carbocycles. The van der Waals surface area contributed by atoms with Crippen molar-refractivity contribution in [3.05, 3.63) is 34.3 Å². The Hall–Kier alpha value is -0.780. The predicted molar refractivity (Wildman–Crippen MR) is 59.7 cm³/mol. The van der Waals surface area contributed by atoms with Crippen LogP contribution in [0.15, 0.2) is 18.2 Å². The molecular weight excluding hydrogens is 255 g/mol. The maximum absolute atomic E-state index is 12.6. The van der Waals surface area contributed by atoms with Crippen LogP contribution in [0.4, 0.5) is 13.2 Å². The number of alkyl halides is 3.